The van der Waals surface area contributed by atoms with Gasteiger partial charge in [-0.25, -0.2) is 9.97 Å². The van der Waals surface area contributed by atoms with E-state index in [-0.39, 0.29) is 0 Å². The lowest BCUT2D eigenvalue weighted by Crippen LogP contribution is -2.18. The van der Waals surface area contributed by atoms with Gasteiger partial charge >= 0.3 is 0 Å². The van der Waals surface area contributed by atoms with Gasteiger partial charge < -0.3 is 9.97 Å². The van der Waals surface area contributed by atoms with Crippen LogP contribution in [-0.2, 0) is 0 Å². The monoisotopic (exact) mass is 393 g/mol. The zero-order chi connectivity index (χ0) is 20.3. The molecule has 0 aliphatic carbocycles. The van der Waals surface area contributed by atoms with Gasteiger partial charge in [-0.05, 0) is 61.8 Å². The molecule has 1 aliphatic rings. The minimum atomic E-state index is 0.406. The summed E-state index contributed by atoms with van der Waals surface area (Å²) in [6.45, 7) is 1.14. The molecule has 3 heterocycles. The van der Waals surface area contributed by atoms with Crippen LogP contribution in [0.25, 0.3) is 22.5 Å². The third-order valence-electron chi connectivity index (χ3n) is 5.67. The number of hydrogen-bond donors (Lipinski definition) is 2. The van der Waals surface area contributed by atoms with E-state index >= 15 is 0 Å². The summed E-state index contributed by atoms with van der Waals surface area (Å²) in [5.74, 6) is 7.55. The van der Waals surface area contributed by atoms with Crippen molar-refractivity contribution < 1.29 is 0 Å². The van der Waals surface area contributed by atoms with Crippen LogP contribution < -0.4 is 0 Å². The Bertz CT molecular complexity index is 1180. The first-order chi connectivity index (χ1) is 14.8. The lowest BCUT2D eigenvalue weighted by molar-refractivity contribution is 0.307. The van der Waals surface area contributed by atoms with Crippen LogP contribution in [0.1, 0.15) is 35.8 Å². The molecule has 30 heavy (non-hydrogen) atoms. The molecule has 0 saturated carbocycles. The number of nitrogens with one attached hydrogen (secondary N) is 2. The molecule has 0 spiro atoms. The summed E-state index contributed by atoms with van der Waals surface area (Å²) in [6, 6.07) is 16.9. The Morgan fingerprint density at radius 3 is 2.13 bits per heavy atom. The van der Waals surface area contributed by atoms with Crippen LogP contribution in [0.4, 0.5) is 0 Å². The molecule has 1 aliphatic heterocycles. The minimum absolute atomic E-state index is 0.406. The molecule has 0 amide bonds. The maximum absolute atomic E-state index is 4.62. The number of rotatable bonds is 3. The summed E-state index contributed by atoms with van der Waals surface area (Å²) in [5, 5.41) is 0. The van der Waals surface area contributed by atoms with Crippen LogP contribution in [0, 0.1) is 11.8 Å². The van der Waals surface area contributed by atoms with Crippen LogP contribution in [0.5, 0.6) is 0 Å². The van der Waals surface area contributed by atoms with Crippen LogP contribution in [0.15, 0.2) is 67.3 Å². The van der Waals surface area contributed by atoms with Crippen molar-refractivity contribution >= 4 is 0 Å². The SMILES string of the molecule is CN1CCCC1c1ncc(-c2ccc(C#Cc3ccc(-c4cnc[nH]4)cc3)cc2)[nH]1. The fourth-order valence-electron chi connectivity index (χ4n) is 3.93. The second-order valence-electron chi connectivity index (χ2n) is 7.69. The Kier molecular flexibility index (Phi) is 4.92. The largest absolute Gasteiger partial charge is 0.345 e. The van der Waals surface area contributed by atoms with Gasteiger partial charge in [-0.1, -0.05) is 36.1 Å². The van der Waals surface area contributed by atoms with Crippen LogP contribution in [0.2, 0.25) is 0 Å². The lowest BCUT2D eigenvalue weighted by Gasteiger charge is -2.16. The standard InChI is InChI=1S/C25H23N5/c1-30-14-2-3-24(30)25-27-16-23(29-25)21-12-8-19(9-13-21)5-4-18-6-10-20(11-7-18)22-15-26-17-28-22/h6-13,15-17,24H,2-3,14H2,1H3,(H,26,28)(H,27,29). The number of likely N-dealkylation sites (tertiary alicyclic amines) is 1. The van der Waals surface area contributed by atoms with Gasteiger partial charge in [0.2, 0.25) is 0 Å². The predicted molar refractivity (Wildman–Crippen MR) is 119 cm³/mol. The molecule has 1 atom stereocenters. The van der Waals surface area contributed by atoms with Gasteiger partial charge in [0.1, 0.15) is 5.82 Å². The zero-order valence-electron chi connectivity index (χ0n) is 16.9. The molecular formula is C25H23N5. The van der Waals surface area contributed by atoms with E-state index in [4.69, 9.17) is 0 Å². The summed E-state index contributed by atoms with van der Waals surface area (Å²) < 4.78 is 0. The van der Waals surface area contributed by atoms with Gasteiger partial charge in [0.05, 0.1) is 36.2 Å². The van der Waals surface area contributed by atoms with E-state index in [1.165, 1.54) is 12.8 Å². The highest BCUT2D eigenvalue weighted by Crippen LogP contribution is 2.29. The van der Waals surface area contributed by atoms with Gasteiger partial charge in [0.15, 0.2) is 0 Å². The molecule has 1 unspecified atom stereocenters. The van der Waals surface area contributed by atoms with Crippen molar-refractivity contribution in [2.24, 2.45) is 0 Å². The molecule has 148 valence electrons. The Labute approximate surface area is 176 Å². The highest BCUT2D eigenvalue weighted by Gasteiger charge is 2.25. The minimum Gasteiger partial charge on any atom is -0.345 e. The molecule has 0 bridgehead atoms. The number of H-pyrrole nitrogens is 2. The Balaban J connectivity index is 1.29. The Hall–Kier alpha value is -3.62. The molecule has 5 heteroatoms. The molecule has 1 saturated heterocycles. The van der Waals surface area contributed by atoms with Gasteiger partial charge in [0.25, 0.3) is 0 Å². The van der Waals surface area contributed by atoms with Crippen molar-refractivity contribution in [3.05, 3.63) is 84.2 Å². The van der Waals surface area contributed by atoms with E-state index in [0.717, 1.165) is 46.0 Å². The summed E-state index contributed by atoms with van der Waals surface area (Å²) in [6.07, 6.45) is 7.83. The number of nitrogens with zero attached hydrogens (tertiary/aromatic N) is 3. The molecule has 4 aromatic rings. The molecule has 2 N–H and O–H groups in total. The smallest absolute Gasteiger partial charge is 0.123 e. The Morgan fingerprint density at radius 2 is 1.57 bits per heavy atom. The molecule has 5 rings (SSSR count). The molecule has 5 nitrogen and oxygen atoms in total. The van der Waals surface area contributed by atoms with E-state index < -0.39 is 0 Å². The fourth-order valence-corrected chi connectivity index (χ4v) is 3.93. The van der Waals surface area contributed by atoms with Crippen molar-refractivity contribution in [2.45, 2.75) is 18.9 Å². The molecular weight excluding hydrogens is 370 g/mol. The highest BCUT2D eigenvalue weighted by molar-refractivity contribution is 5.61. The lowest BCUT2D eigenvalue weighted by atomic mass is 10.1. The number of imidazole rings is 2. The summed E-state index contributed by atoms with van der Waals surface area (Å²) >= 11 is 0. The van der Waals surface area contributed by atoms with Gasteiger partial charge in [-0.3, -0.25) is 4.90 Å². The molecule has 0 radical (unpaired) electrons. The summed E-state index contributed by atoms with van der Waals surface area (Å²) in [7, 11) is 2.16. The van der Waals surface area contributed by atoms with Crippen molar-refractivity contribution in [2.75, 3.05) is 13.6 Å². The molecule has 2 aromatic heterocycles. The van der Waals surface area contributed by atoms with Crippen molar-refractivity contribution in [3.63, 3.8) is 0 Å². The second kappa shape index (κ2) is 8.02. The van der Waals surface area contributed by atoms with Crippen LogP contribution in [-0.4, -0.2) is 38.4 Å². The van der Waals surface area contributed by atoms with E-state index in [1.807, 2.05) is 24.5 Å². The fraction of sp³-hybridized carbons (Fsp3) is 0.200. The normalized spacial score (nSPS) is 16.4. The number of hydrogen-bond acceptors (Lipinski definition) is 3. The maximum Gasteiger partial charge on any atom is 0.123 e. The summed E-state index contributed by atoms with van der Waals surface area (Å²) in [5.41, 5.74) is 6.27. The zero-order valence-corrected chi connectivity index (χ0v) is 16.9. The topological polar surface area (TPSA) is 60.6 Å². The number of benzene rings is 2. The Morgan fingerprint density at radius 1 is 0.900 bits per heavy atom. The van der Waals surface area contributed by atoms with E-state index in [0.29, 0.717) is 6.04 Å². The predicted octanol–water partition coefficient (Wildman–Crippen LogP) is 4.63. The summed E-state index contributed by atoms with van der Waals surface area (Å²) in [4.78, 5) is 17.7. The number of aromatic amines is 2. The van der Waals surface area contributed by atoms with Crippen LogP contribution in [0.3, 0.4) is 0 Å². The molecule has 1 fully saturated rings. The van der Waals surface area contributed by atoms with Crippen LogP contribution >= 0.6 is 0 Å². The van der Waals surface area contributed by atoms with Gasteiger partial charge in [0, 0.05) is 11.1 Å². The average molecular weight is 393 g/mol. The van der Waals surface area contributed by atoms with E-state index in [1.54, 1.807) is 6.33 Å². The molecule has 2 aromatic carbocycles. The van der Waals surface area contributed by atoms with E-state index in [2.05, 4.69) is 80.1 Å². The third kappa shape index (κ3) is 3.78. The number of aromatic nitrogens is 4. The first-order valence-corrected chi connectivity index (χ1v) is 10.2. The van der Waals surface area contributed by atoms with Gasteiger partial charge in [-0.15, -0.1) is 0 Å². The average Bonchev–Trinajstić information content (AvgIpc) is 3.55. The first-order valence-electron chi connectivity index (χ1n) is 10.2. The van der Waals surface area contributed by atoms with E-state index in [9.17, 15) is 0 Å². The van der Waals surface area contributed by atoms with Crippen molar-refractivity contribution in [1.82, 2.24) is 24.8 Å². The first kappa shape index (κ1) is 18.4. The van der Waals surface area contributed by atoms with Gasteiger partial charge in [-0.2, -0.15) is 0 Å². The third-order valence-corrected chi connectivity index (χ3v) is 5.67. The van der Waals surface area contributed by atoms with Crippen molar-refractivity contribution in [1.29, 1.82) is 0 Å². The highest BCUT2D eigenvalue weighted by atomic mass is 15.2. The maximum atomic E-state index is 4.62. The quantitative estimate of drug-likeness (QED) is 0.499. The van der Waals surface area contributed by atoms with Crippen molar-refractivity contribution in [3.8, 4) is 34.4 Å². The second-order valence-corrected chi connectivity index (χ2v) is 7.69.